The highest BCUT2D eigenvalue weighted by Gasteiger charge is 2.02. The average Bonchev–Trinajstić information content (AvgIpc) is 2.80. The van der Waals surface area contributed by atoms with Crippen molar-refractivity contribution in [3.8, 4) is 0 Å². The van der Waals surface area contributed by atoms with Crippen LogP contribution in [0, 0.1) is 0 Å². The van der Waals surface area contributed by atoms with Gasteiger partial charge >= 0.3 is 5.97 Å². The molecule has 18 heavy (non-hydrogen) atoms. The second kappa shape index (κ2) is 8.21. The summed E-state index contributed by atoms with van der Waals surface area (Å²) in [6.07, 6.45) is 6.47. The summed E-state index contributed by atoms with van der Waals surface area (Å²) in [5.41, 5.74) is 0. The first-order valence-corrected chi connectivity index (χ1v) is 5.99. The number of carboxylic acids is 1. The lowest BCUT2D eigenvalue weighted by atomic mass is 10.1. The lowest BCUT2D eigenvalue weighted by Crippen LogP contribution is -2.28. The molecule has 0 fully saturated rings. The summed E-state index contributed by atoms with van der Waals surface area (Å²) >= 11 is 0. The van der Waals surface area contributed by atoms with Gasteiger partial charge in [-0.05, 0) is 12.8 Å². The van der Waals surface area contributed by atoms with Gasteiger partial charge in [0.05, 0.1) is 0 Å². The van der Waals surface area contributed by atoms with Crippen LogP contribution >= 0.6 is 0 Å². The lowest BCUT2D eigenvalue weighted by Gasteiger charge is -2.04. The molecule has 1 aromatic rings. The molecular weight excluding hydrogens is 236 g/mol. The second-order valence-corrected chi connectivity index (χ2v) is 4.00. The molecule has 0 radical (unpaired) electrons. The fourth-order valence-electron chi connectivity index (χ4n) is 1.50. The molecule has 0 spiro atoms. The smallest absolute Gasteiger partial charge is 0.303 e. The van der Waals surface area contributed by atoms with E-state index in [4.69, 9.17) is 5.11 Å². The van der Waals surface area contributed by atoms with Crippen molar-refractivity contribution < 1.29 is 14.7 Å². The SMILES string of the molecule is O=C(O)CCCCCCNC(=O)Cn1cncn1. The van der Waals surface area contributed by atoms with Gasteiger partial charge in [0.1, 0.15) is 19.2 Å². The van der Waals surface area contributed by atoms with Gasteiger partial charge in [-0.25, -0.2) is 9.67 Å². The van der Waals surface area contributed by atoms with Gasteiger partial charge in [0.2, 0.25) is 5.91 Å². The van der Waals surface area contributed by atoms with Crippen molar-refractivity contribution in [1.82, 2.24) is 20.1 Å². The van der Waals surface area contributed by atoms with E-state index in [0.717, 1.165) is 19.3 Å². The Morgan fingerprint density at radius 2 is 2.00 bits per heavy atom. The number of unbranched alkanes of at least 4 members (excludes halogenated alkanes) is 3. The highest BCUT2D eigenvalue weighted by atomic mass is 16.4. The summed E-state index contributed by atoms with van der Waals surface area (Å²) in [6, 6.07) is 0. The van der Waals surface area contributed by atoms with Crippen LogP contribution < -0.4 is 5.32 Å². The van der Waals surface area contributed by atoms with Crippen LogP contribution in [0.2, 0.25) is 0 Å². The maximum absolute atomic E-state index is 11.4. The molecule has 100 valence electrons. The van der Waals surface area contributed by atoms with E-state index in [1.54, 1.807) is 0 Å². The molecule has 0 aliphatic rings. The number of carbonyl (C=O) groups excluding carboxylic acids is 1. The standard InChI is InChI=1S/C11H18N4O3/c16-10(7-15-9-12-8-14-15)13-6-4-2-1-3-5-11(17)18/h8-9H,1-7H2,(H,13,16)(H,17,18). The number of rotatable bonds is 9. The molecule has 7 nitrogen and oxygen atoms in total. The Morgan fingerprint density at radius 3 is 2.67 bits per heavy atom. The molecule has 0 aliphatic carbocycles. The Morgan fingerprint density at radius 1 is 1.22 bits per heavy atom. The summed E-state index contributed by atoms with van der Waals surface area (Å²) in [7, 11) is 0. The number of hydrogen-bond donors (Lipinski definition) is 2. The molecule has 7 heteroatoms. The average molecular weight is 254 g/mol. The van der Waals surface area contributed by atoms with Gasteiger partial charge in [0, 0.05) is 13.0 Å². The van der Waals surface area contributed by atoms with E-state index in [0.29, 0.717) is 13.0 Å². The Kier molecular flexibility index (Phi) is 6.45. The number of aromatic nitrogens is 3. The summed E-state index contributed by atoms with van der Waals surface area (Å²) in [6.45, 7) is 0.791. The van der Waals surface area contributed by atoms with E-state index in [2.05, 4.69) is 15.4 Å². The monoisotopic (exact) mass is 254 g/mol. The van der Waals surface area contributed by atoms with E-state index in [-0.39, 0.29) is 18.9 Å². The fraction of sp³-hybridized carbons (Fsp3) is 0.636. The lowest BCUT2D eigenvalue weighted by molar-refractivity contribution is -0.137. The van der Waals surface area contributed by atoms with Gasteiger partial charge in [0.25, 0.3) is 0 Å². The topological polar surface area (TPSA) is 97.1 Å². The maximum atomic E-state index is 11.4. The minimum atomic E-state index is -0.754. The van der Waals surface area contributed by atoms with Gasteiger partial charge in [0.15, 0.2) is 0 Å². The maximum Gasteiger partial charge on any atom is 0.303 e. The van der Waals surface area contributed by atoms with Gasteiger partial charge in [-0.15, -0.1) is 0 Å². The molecule has 1 amide bonds. The first-order valence-electron chi connectivity index (χ1n) is 5.99. The van der Waals surface area contributed by atoms with Crippen molar-refractivity contribution in [2.24, 2.45) is 0 Å². The van der Waals surface area contributed by atoms with Crippen LogP contribution in [-0.2, 0) is 16.1 Å². The molecule has 0 bridgehead atoms. The largest absolute Gasteiger partial charge is 0.481 e. The predicted octanol–water partition coefficient (Wildman–Crippen LogP) is 0.429. The molecule has 1 rings (SSSR count). The zero-order chi connectivity index (χ0) is 13.2. The number of nitrogens with zero attached hydrogens (tertiary/aromatic N) is 3. The van der Waals surface area contributed by atoms with Crippen LogP contribution in [0.4, 0.5) is 0 Å². The van der Waals surface area contributed by atoms with E-state index in [1.165, 1.54) is 17.3 Å². The molecule has 1 heterocycles. The van der Waals surface area contributed by atoms with Crippen molar-refractivity contribution in [1.29, 1.82) is 0 Å². The Hall–Kier alpha value is -1.92. The van der Waals surface area contributed by atoms with Crippen LogP contribution in [0.3, 0.4) is 0 Å². The van der Waals surface area contributed by atoms with Crippen molar-refractivity contribution in [2.45, 2.75) is 38.6 Å². The van der Waals surface area contributed by atoms with E-state index in [1.807, 2.05) is 0 Å². The molecule has 2 N–H and O–H groups in total. The van der Waals surface area contributed by atoms with Crippen LogP contribution in [0.15, 0.2) is 12.7 Å². The van der Waals surface area contributed by atoms with Gasteiger partial charge in [-0.1, -0.05) is 12.8 Å². The molecule has 0 aromatic carbocycles. The minimum absolute atomic E-state index is 0.0916. The van der Waals surface area contributed by atoms with Crippen molar-refractivity contribution in [2.75, 3.05) is 6.54 Å². The number of aliphatic carboxylic acids is 1. The molecule has 0 atom stereocenters. The zero-order valence-corrected chi connectivity index (χ0v) is 10.2. The van der Waals surface area contributed by atoms with Crippen LogP contribution in [0.1, 0.15) is 32.1 Å². The highest BCUT2D eigenvalue weighted by Crippen LogP contribution is 2.02. The van der Waals surface area contributed by atoms with E-state index >= 15 is 0 Å². The molecule has 0 saturated heterocycles. The van der Waals surface area contributed by atoms with E-state index < -0.39 is 5.97 Å². The molecular formula is C11H18N4O3. The quantitative estimate of drug-likeness (QED) is 0.623. The molecule has 1 aromatic heterocycles. The minimum Gasteiger partial charge on any atom is -0.481 e. The van der Waals surface area contributed by atoms with Crippen LogP contribution in [0.25, 0.3) is 0 Å². The van der Waals surface area contributed by atoms with Crippen LogP contribution in [-0.4, -0.2) is 38.3 Å². The number of nitrogens with one attached hydrogen (secondary N) is 1. The third-order valence-electron chi connectivity index (χ3n) is 2.41. The number of carbonyl (C=O) groups is 2. The van der Waals surface area contributed by atoms with Gasteiger partial charge in [-0.2, -0.15) is 5.10 Å². The number of amides is 1. The Balaban J connectivity index is 1.94. The third-order valence-corrected chi connectivity index (χ3v) is 2.41. The summed E-state index contributed by atoms with van der Waals surface area (Å²) in [5, 5.41) is 15.0. The fourth-order valence-corrected chi connectivity index (χ4v) is 1.50. The first-order chi connectivity index (χ1) is 8.68. The third kappa shape index (κ3) is 6.62. The summed E-state index contributed by atoms with van der Waals surface area (Å²) < 4.78 is 1.46. The van der Waals surface area contributed by atoms with Gasteiger partial charge in [-0.3, -0.25) is 9.59 Å². The van der Waals surface area contributed by atoms with Crippen molar-refractivity contribution in [3.05, 3.63) is 12.7 Å². The van der Waals surface area contributed by atoms with Gasteiger partial charge < -0.3 is 10.4 Å². The molecule has 0 unspecified atom stereocenters. The number of hydrogen-bond acceptors (Lipinski definition) is 4. The zero-order valence-electron chi connectivity index (χ0n) is 10.2. The normalized spacial score (nSPS) is 10.2. The van der Waals surface area contributed by atoms with Crippen molar-refractivity contribution >= 4 is 11.9 Å². The molecule has 0 saturated carbocycles. The predicted molar refractivity (Wildman–Crippen MR) is 63.8 cm³/mol. The Bertz CT molecular complexity index is 364. The van der Waals surface area contributed by atoms with E-state index in [9.17, 15) is 9.59 Å². The molecule has 0 aliphatic heterocycles. The first kappa shape index (κ1) is 14.1. The second-order valence-electron chi connectivity index (χ2n) is 4.00. The number of carboxylic acid groups (broad SMARTS) is 1. The Labute approximate surface area is 105 Å². The van der Waals surface area contributed by atoms with Crippen molar-refractivity contribution in [3.63, 3.8) is 0 Å². The highest BCUT2D eigenvalue weighted by molar-refractivity contribution is 5.75. The van der Waals surface area contributed by atoms with Crippen LogP contribution in [0.5, 0.6) is 0 Å². The summed E-state index contributed by atoms with van der Waals surface area (Å²) in [5.74, 6) is -0.845. The summed E-state index contributed by atoms with van der Waals surface area (Å²) in [4.78, 5) is 25.4.